The number of benzene rings is 2. The van der Waals surface area contributed by atoms with Crippen molar-refractivity contribution in [1.29, 1.82) is 0 Å². The summed E-state index contributed by atoms with van der Waals surface area (Å²) in [4.78, 5) is 21.8. The molecular weight excluding hydrogens is 410 g/mol. The van der Waals surface area contributed by atoms with E-state index in [1.54, 1.807) is 13.0 Å². The molecular formula is C28H31N3O2. The van der Waals surface area contributed by atoms with Crippen molar-refractivity contribution in [2.45, 2.75) is 19.9 Å². The fraction of sp³-hybridized carbons (Fsp3) is 0.286. The van der Waals surface area contributed by atoms with E-state index in [1.807, 2.05) is 30.3 Å². The van der Waals surface area contributed by atoms with Gasteiger partial charge in [-0.25, -0.2) is 0 Å². The summed E-state index contributed by atoms with van der Waals surface area (Å²) in [5.74, 6) is 0.339. The maximum atomic E-state index is 12.4. The monoisotopic (exact) mass is 441 g/mol. The van der Waals surface area contributed by atoms with Crippen LogP contribution in [0.3, 0.4) is 0 Å². The molecule has 1 saturated heterocycles. The molecule has 0 atom stereocenters. The molecule has 1 fully saturated rings. The number of hydrogen-bond acceptors (Lipinski definition) is 5. The number of nitrogens with zero attached hydrogens (tertiary/aromatic N) is 3. The molecule has 3 aromatic rings. The van der Waals surface area contributed by atoms with Crippen molar-refractivity contribution >= 4 is 16.7 Å². The van der Waals surface area contributed by atoms with Crippen LogP contribution in [-0.4, -0.2) is 53.4 Å². The number of carbonyl (C=O) groups is 1. The van der Waals surface area contributed by atoms with Crippen LogP contribution in [-0.2, 0) is 22.5 Å². The lowest BCUT2D eigenvalue weighted by atomic mass is 10.1. The first kappa shape index (κ1) is 22.7. The van der Waals surface area contributed by atoms with Gasteiger partial charge in [0.05, 0.1) is 23.5 Å². The van der Waals surface area contributed by atoms with Crippen LogP contribution in [0.15, 0.2) is 90.8 Å². The van der Waals surface area contributed by atoms with Gasteiger partial charge in [0.1, 0.15) is 0 Å². The Balaban J connectivity index is 1.37. The second kappa shape index (κ2) is 10.9. The third-order valence-corrected chi connectivity index (χ3v) is 5.98. The highest BCUT2D eigenvalue weighted by Crippen LogP contribution is 2.19. The molecule has 0 radical (unpaired) electrons. The highest BCUT2D eigenvalue weighted by molar-refractivity contribution is 5.92. The van der Waals surface area contributed by atoms with Gasteiger partial charge in [0.2, 0.25) is 0 Å². The molecule has 0 aliphatic carbocycles. The number of ether oxygens (including phenoxy) is 1. The highest BCUT2D eigenvalue weighted by atomic mass is 16.5. The van der Waals surface area contributed by atoms with Crippen LogP contribution in [0.1, 0.15) is 18.2 Å². The number of para-hydroxylation sites is 1. The van der Waals surface area contributed by atoms with Crippen LogP contribution in [0.25, 0.3) is 10.9 Å². The lowest BCUT2D eigenvalue weighted by molar-refractivity contribution is -0.117. The van der Waals surface area contributed by atoms with Crippen molar-refractivity contribution in [2.24, 2.45) is 0 Å². The zero-order valence-electron chi connectivity index (χ0n) is 19.2. The van der Waals surface area contributed by atoms with Crippen LogP contribution >= 0.6 is 0 Å². The Morgan fingerprint density at radius 3 is 2.45 bits per heavy atom. The Kier molecular flexibility index (Phi) is 7.53. The zero-order valence-corrected chi connectivity index (χ0v) is 19.2. The minimum atomic E-state index is -0.0687. The smallest absolute Gasteiger partial charge is 0.196 e. The Morgan fingerprint density at radius 2 is 1.73 bits per heavy atom. The van der Waals surface area contributed by atoms with Crippen molar-refractivity contribution < 1.29 is 9.53 Å². The maximum absolute atomic E-state index is 12.4. The van der Waals surface area contributed by atoms with Gasteiger partial charge in [-0.05, 0) is 23.8 Å². The van der Waals surface area contributed by atoms with Gasteiger partial charge in [-0.2, -0.15) is 0 Å². The fourth-order valence-electron chi connectivity index (χ4n) is 4.21. The number of allylic oxidation sites excluding steroid dienone is 2. The van der Waals surface area contributed by atoms with E-state index >= 15 is 0 Å². The van der Waals surface area contributed by atoms with Gasteiger partial charge >= 0.3 is 0 Å². The van der Waals surface area contributed by atoms with Crippen LogP contribution in [0.4, 0.5) is 0 Å². The third kappa shape index (κ3) is 5.88. The van der Waals surface area contributed by atoms with E-state index in [4.69, 9.17) is 9.72 Å². The van der Waals surface area contributed by atoms with Gasteiger partial charge in [0.25, 0.3) is 0 Å². The molecule has 0 N–H and O–H groups in total. The maximum Gasteiger partial charge on any atom is 0.196 e. The fourth-order valence-corrected chi connectivity index (χ4v) is 4.21. The number of rotatable bonds is 9. The predicted octanol–water partition coefficient (Wildman–Crippen LogP) is 4.60. The van der Waals surface area contributed by atoms with Gasteiger partial charge in [0, 0.05) is 51.5 Å². The molecule has 0 spiro atoms. The second-order valence-electron chi connectivity index (χ2n) is 8.32. The number of carbonyl (C=O) groups excluding carboxylic acids is 1. The molecule has 1 aliphatic rings. The van der Waals surface area contributed by atoms with Crippen LogP contribution in [0.5, 0.6) is 0 Å². The lowest BCUT2D eigenvalue weighted by Gasteiger charge is -2.37. The minimum absolute atomic E-state index is 0.0687. The topological polar surface area (TPSA) is 45.7 Å². The quantitative estimate of drug-likeness (QED) is 0.276. The highest BCUT2D eigenvalue weighted by Gasteiger charge is 2.22. The lowest BCUT2D eigenvalue weighted by Crippen LogP contribution is -2.45. The Hall–Kier alpha value is -3.44. The predicted molar refractivity (Wildman–Crippen MR) is 133 cm³/mol. The van der Waals surface area contributed by atoms with Crippen molar-refractivity contribution in [3.8, 4) is 0 Å². The Bertz CT molecular complexity index is 1130. The number of piperazine rings is 1. The second-order valence-corrected chi connectivity index (χ2v) is 8.32. The third-order valence-electron chi connectivity index (χ3n) is 5.98. The first-order valence-corrected chi connectivity index (χ1v) is 11.5. The summed E-state index contributed by atoms with van der Waals surface area (Å²) in [5.41, 5.74) is 4.09. The van der Waals surface area contributed by atoms with Gasteiger partial charge in [-0.3, -0.25) is 14.7 Å². The summed E-state index contributed by atoms with van der Waals surface area (Å²) in [5, 5.41) is 1.16. The average Bonchev–Trinajstić information content (AvgIpc) is 2.85. The van der Waals surface area contributed by atoms with E-state index in [0.717, 1.165) is 61.4 Å². The van der Waals surface area contributed by atoms with Crippen molar-refractivity contribution in [3.05, 3.63) is 102 Å². The van der Waals surface area contributed by atoms with Gasteiger partial charge in [-0.15, -0.1) is 0 Å². The molecule has 0 saturated carbocycles. The first-order valence-electron chi connectivity index (χ1n) is 11.5. The van der Waals surface area contributed by atoms with Gasteiger partial charge < -0.3 is 9.64 Å². The summed E-state index contributed by atoms with van der Waals surface area (Å²) in [6, 6.07) is 22.6. The number of hydrogen-bond donors (Lipinski definition) is 0. The summed E-state index contributed by atoms with van der Waals surface area (Å²) in [6.07, 6.45) is 2.51. The number of ketones is 1. The molecule has 33 heavy (non-hydrogen) atoms. The number of pyridine rings is 1. The normalized spacial score (nSPS) is 15.2. The SMILES string of the molecule is C=C/C(=C(/OCCc1ccccc1)C(C)=O)N1CCN(Cc2ccc3ccccc3n2)CC1. The average molecular weight is 442 g/mol. The van der Waals surface area contributed by atoms with E-state index < -0.39 is 0 Å². The van der Waals surface area contributed by atoms with Crippen LogP contribution in [0.2, 0.25) is 0 Å². The zero-order chi connectivity index (χ0) is 23.0. The molecule has 1 aromatic heterocycles. The molecule has 5 nitrogen and oxygen atoms in total. The molecule has 4 rings (SSSR count). The molecule has 0 amide bonds. The minimum Gasteiger partial charge on any atom is -0.487 e. The molecule has 0 bridgehead atoms. The van der Waals surface area contributed by atoms with E-state index in [2.05, 4.69) is 52.8 Å². The largest absolute Gasteiger partial charge is 0.487 e. The Morgan fingerprint density at radius 1 is 1.00 bits per heavy atom. The van der Waals surface area contributed by atoms with E-state index in [-0.39, 0.29) is 5.78 Å². The number of fused-ring (bicyclic) bond motifs is 1. The summed E-state index contributed by atoms with van der Waals surface area (Å²) < 4.78 is 5.97. The summed E-state index contributed by atoms with van der Waals surface area (Å²) >= 11 is 0. The van der Waals surface area contributed by atoms with Crippen molar-refractivity contribution in [3.63, 3.8) is 0 Å². The summed E-state index contributed by atoms with van der Waals surface area (Å²) in [6.45, 7) is 10.2. The van der Waals surface area contributed by atoms with Gasteiger partial charge in [-0.1, -0.05) is 61.2 Å². The molecule has 0 unspecified atom stereocenters. The number of Topliss-reactive ketones (excluding diaryl/α,β-unsaturated/α-hetero) is 1. The van der Waals surface area contributed by atoms with Gasteiger partial charge in [0.15, 0.2) is 11.5 Å². The van der Waals surface area contributed by atoms with E-state index in [9.17, 15) is 4.79 Å². The van der Waals surface area contributed by atoms with Crippen LogP contribution in [0, 0.1) is 0 Å². The summed E-state index contributed by atoms with van der Waals surface area (Å²) in [7, 11) is 0. The Labute approximate surface area is 196 Å². The van der Waals surface area contributed by atoms with Crippen molar-refractivity contribution in [1.82, 2.24) is 14.8 Å². The molecule has 2 aromatic carbocycles. The first-order chi connectivity index (χ1) is 16.1. The number of aromatic nitrogens is 1. The van der Waals surface area contributed by atoms with Crippen LogP contribution < -0.4 is 0 Å². The standard InChI is InChI=1S/C28H31N3O2/c1-3-27(28(22(2)32)33-20-15-23-9-5-4-6-10-23)31-18-16-30(17-19-31)21-25-14-13-24-11-7-8-12-26(24)29-25/h3-14H,1,15-21H2,2H3/b28-27-. The molecule has 1 aliphatic heterocycles. The molecule has 2 heterocycles. The molecule has 5 heteroatoms. The molecule has 170 valence electrons. The van der Waals surface area contributed by atoms with E-state index in [1.165, 1.54) is 5.56 Å². The van der Waals surface area contributed by atoms with Crippen molar-refractivity contribution in [2.75, 3.05) is 32.8 Å². The van der Waals surface area contributed by atoms with E-state index in [0.29, 0.717) is 12.4 Å².